The molecule has 0 aliphatic heterocycles. The number of fused-ring (bicyclic) bond motifs is 1. The molecule has 0 bridgehead atoms. The van der Waals surface area contributed by atoms with Crippen molar-refractivity contribution >= 4 is 50.3 Å². The number of carbonyl (C=O) groups is 2. The number of amides is 2. The van der Waals surface area contributed by atoms with Crippen molar-refractivity contribution in [2.24, 2.45) is 0 Å². The summed E-state index contributed by atoms with van der Waals surface area (Å²) in [6, 6.07) is 13.7. The van der Waals surface area contributed by atoms with Gasteiger partial charge in [-0.15, -0.1) is 0 Å². The molecule has 1 aromatic heterocycles. The minimum Gasteiger partial charge on any atom is -0.322 e. The number of benzene rings is 2. The van der Waals surface area contributed by atoms with Gasteiger partial charge in [0.2, 0.25) is 11.8 Å². The summed E-state index contributed by atoms with van der Waals surface area (Å²) in [6.45, 7) is 6.27. The fraction of sp³-hybridized carbons (Fsp3) is 0.261. The van der Waals surface area contributed by atoms with Crippen LogP contribution >= 0.6 is 11.3 Å². The Hall–Kier alpha value is -2.99. The van der Waals surface area contributed by atoms with Crippen LogP contribution in [0.4, 0.5) is 10.8 Å². The van der Waals surface area contributed by atoms with Gasteiger partial charge >= 0.3 is 0 Å². The smallest absolute Gasteiger partial charge is 0.248 e. The summed E-state index contributed by atoms with van der Waals surface area (Å²) in [6.07, 6.45) is 4.59. The lowest BCUT2D eigenvalue weighted by atomic mass is 10.0. The standard InChI is InChI=1S/C23H25N3O2S/c1-4-5-21(27)26-23-25-19-12-11-18(14-20(19)29-23)24-22(28)13-8-16-6-9-17(10-7-16)15(2)3/h6-15H,4-5H2,1-3H3,(H,24,28)(H,25,26,27). The minimum atomic E-state index is -0.196. The number of aromatic nitrogens is 1. The molecule has 3 aromatic rings. The van der Waals surface area contributed by atoms with E-state index in [1.165, 1.54) is 23.0 Å². The van der Waals surface area contributed by atoms with Crippen molar-refractivity contribution in [2.45, 2.75) is 39.5 Å². The molecule has 0 aliphatic rings. The van der Waals surface area contributed by atoms with Gasteiger partial charge in [-0.3, -0.25) is 9.59 Å². The van der Waals surface area contributed by atoms with Crippen LogP contribution in [0.3, 0.4) is 0 Å². The SMILES string of the molecule is CCCC(=O)Nc1nc2ccc(NC(=O)C=Cc3ccc(C(C)C)cc3)cc2s1. The zero-order chi connectivity index (χ0) is 20.8. The van der Waals surface area contributed by atoms with Gasteiger partial charge in [0.15, 0.2) is 5.13 Å². The zero-order valence-electron chi connectivity index (χ0n) is 16.9. The third kappa shape index (κ3) is 5.74. The monoisotopic (exact) mass is 407 g/mol. The Morgan fingerprint density at radius 1 is 1.10 bits per heavy atom. The molecule has 6 heteroatoms. The lowest BCUT2D eigenvalue weighted by Gasteiger charge is -2.05. The quantitative estimate of drug-likeness (QED) is 0.486. The van der Waals surface area contributed by atoms with Crippen LogP contribution in [-0.2, 0) is 9.59 Å². The van der Waals surface area contributed by atoms with Gasteiger partial charge in [-0.2, -0.15) is 0 Å². The van der Waals surface area contributed by atoms with E-state index >= 15 is 0 Å². The third-order valence-corrected chi connectivity index (χ3v) is 5.34. The van der Waals surface area contributed by atoms with E-state index in [0.717, 1.165) is 22.2 Å². The Balaban J connectivity index is 1.64. The molecule has 3 rings (SSSR count). The molecule has 2 aromatic carbocycles. The van der Waals surface area contributed by atoms with Crippen LogP contribution in [0.5, 0.6) is 0 Å². The van der Waals surface area contributed by atoms with Crippen LogP contribution in [0.2, 0.25) is 0 Å². The van der Waals surface area contributed by atoms with Crippen LogP contribution in [0.25, 0.3) is 16.3 Å². The first-order valence-electron chi connectivity index (χ1n) is 9.74. The number of nitrogens with one attached hydrogen (secondary N) is 2. The maximum atomic E-state index is 12.3. The number of hydrogen-bond acceptors (Lipinski definition) is 4. The number of nitrogens with zero attached hydrogens (tertiary/aromatic N) is 1. The molecule has 0 saturated heterocycles. The Bertz CT molecular complexity index is 1040. The fourth-order valence-electron chi connectivity index (χ4n) is 2.81. The van der Waals surface area contributed by atoms with E-state index in [0.29, 0.717) is 23.2 Å². The number of anilines is 2. The summed E-state index contributed by atoms with van der Waals surface area (Å²) in [7, 11) is 0. The number of carbonyl (C=O) groups excluding carboxylic acids is 2. The van der Waals surface area contributed by atoms with Crippen molar-refractivity contribution in [3.63, 3.8) is 0 Å². The lowest BCUT2D eigenvalue weighted by Crippen LogP contribution is -2.09. The first kappa shape index (κ1) is 20.7. The van der Waals surface area contributed by atoms with E-state index in [2.05, 4.69) is 41.6 Å². The molecule has 0 radical (unpaired) electrons. The van der Waals surface area contributed by atoms with E-state index in [1.807, 2.05) is 37.3 Å². The van der Waals surface area contributed by atoms with Crippen LogP contribution in [0.15, 0.2) is 48.5 Å². The van der Waals surface area contributed by atoms with Crippen molar-refractivity contribution in [1.82, 2.24) is 4.98 Å². The summed E-state index contributed by atoms with van der Waals surface area (Å²) in [4.78, 5) is 28.4. The van der Waals surface area contributed by atoms with E-state index in [4.69, 9.17) is 0 Å². The van der Waals surface area contributed by atoms with Crippen molar-refractivity contribution < 1.29 is 9.59 Å². The van der Waals surface area contributed by atoms with E-state index in [-0.39, 0.29) is 11.8 Å². The van der Waals surface area contributed by atoms with Gasteiger partial charge in [0.25, 0.3) is 0 Å². The molecule has 0 unspecified atom stereocenters. The predicted molar refractivity (Wildman–Crippen MR) is 121 cm³/mol. The molecule has 0 spiro atoms. The second-order valence-corrected chi connectivity index (χ2v) is 8.17. The molecular formula is C23H25N3O2S. The van der Waals surface area contributed by atoms with Gasteiger partial charge in [-0.1, -0.05) is 56.4 Å². The van der Waals surface area contributed by atoms with Crippen LogP contribution in [0.1, 0.15) is 50.7 Å². The maximum absolute atomic E-state index is 12.3. The van der Waals surface area contributed by atoms with Crippen LogP contribution in [0, 0.1) is 0 Å². The molecule has 29 heavy (non-hydrogen) atoms. The second-order valence-electron chi connectivity index (χ2n) is 7.14. The first-order valence-corrected chi connectivity index (χ1v) is 10.6. The summed E-state index contributed by atoms with van der Waals surface area (Å²) >= 11 is 1.39. The average Bonchev–Trinajstić information content (AvgIpc) is 3.08. The molecule has 150 valence electrons. The maximum Gasteiger partial charge on any atom is 0.248 e. The summed E-state index contributed by atoms with van der Waals surface area (Å²) in [5.41, 5.74) is 3.74. The lowest BCUT2D eigenvalue weighted by molar-refractivity contribution is -0.116. The largest absolute Gasteiger partial charge is 0.322 e. The summed E-state index contributed by atoms with van der Waals surface area (Å²) in [5, 5.41) is 6.26. The first-order chi connectivity index (χ1) is 13.9. The molecule has 0 aliphatic carbocycles. The average molecular weight is 408 g/mol. The molecule has 2 amide bonds. The van der Waals surface area contributed by atoms with Gasteiger partial charge in [0, 0.05) is 18.2 Å². The second kappa shape index (κ2) is 9.47. The highest BCUT2D eigenvalue weighted by molar-refractivity contribution is 7.22. The van der Waals surface area contributed by atoms with Crippen molar-refractivity contribution in [3.05, 3.63) is 59.7 Å². The molecular weight excluding hydrogens is 382 g/mol. The topological polar surface area (TPSA) is 71.1 Å². The number of hydrogen-bond donors (Lipinski definition) is 2. The van der Waals surface area contributed by atoms with Crippen molar-refractivity contribution in [1.29, 1.82) is 0 Å². The van der Waals surface area contributed by atoms with E-state index < -0.39 is 0 Å². The Morgan fingerprint density at radius 2 is 1.86 bits per heavy atom. The highest BCUT2D eigenvalue weighted by Crippen LogP contribution is 2.28. The van der Waals surface area contributed by atoms with E-state index in [9.17, 15) is 9.59 Å². The molecule has 2 N–H and O–H groups in total. The van der Waals surface area contributed by atoms with E-state index in [1.54, 1.807) is 6.08 Å². The number of rotatable bonds is 7. The van der Waals surface area contributed by atoms with Crippen LogP contribution in [-0.4, -0.2) is 16.8 Å². The Labute approximate surface area is 174 Å². The zero-order valence-corrected chi connectivity index (χ0v) is 17.7. The van der Waals surface area contributed by atoms with Crippen molar-refractivity contribution in [3.8, 4) is 0 Å². The van der Waals surface area contributed by atoms with Gasteiger partial charge in [-0.05, 0) is 47.7 Å². The summed E-state index contributed by atoms with van der Waals surface area (Å²) in [5.74, 6) is 0.253. The van der Waals surface area contributed by atoms with Gasteiger partial charge < -0.3 is 10.6 Å². The highest BCUT2D eigenvalue weighted by atomic mass is 32.1. The molecule has 0 saturated carbocycles. The number of thiazole rings is 1. The molecule has 0 fully saturated rings. The minimum absolute atomic E-state index is 0.0355. The summed E-state index contributed by atoms with van der Waals surface area (Å²) < 4.78 is 0.905. The Morgan fingerprint density at radius 3 is 2.55 bits per heavy atom. The van der Waals surface area contributed by atoms with Gasteiger partial charge in [0.1, 0.15) is 0 Å². The van der Waals surface area contributed by atoms with Crippen LogP contribution < -0.4 is 10.6 Å². The van der Waals surface area contributed by atoms with Gasteiger partial charge in [-0.25, -0.2) is 4.98 Å². The predicted octanol–water partition coefficient (Wildman–Crippen LogP) is 5.81. The molecule has 0 atom stereocenters. The van der Waals surface area contributed by atoms with Crippen molar-refractivity contribution in [2.75, 3.05) is 10.6 Å². The molecule has 1 heterocycles. The normalized spacial score (nSPS) is 11.3. The molecule has 5 nitrogen and oxygen atoms in total. The Kier molecular flexibility index (Phi) is 6.77. The third-order valence-electron chi connectivity index (χ3n) is 4.41. The fourth-order valence-corrected chi connectivity index (χ4v) is 3.73. The highest BCUT2D eigenvalue weighted by Gasteiger charge is 2.08. The van der Waals surface area contributed by atoms with Gasteiger partial charge in [0.05, 0.1) is 10.2 Å².